The molecule has 0 amide bonds. The van der Waals surface area contributed by atoms with Gasteiger partial charge in [-0.1, -0.05) is 35.5 Å². The zero-order valence-electron chi connectivity index (χ0n) is 10.1. The number of hydrogen-bond donors (Lipinski definition) is 0. The molecule has 2 aromatic rings. The largest absolute Gasteiger partial charge is 0.338 e. The van der Waals surface area contributed by atoms with Gasteiger partial charge in [0.1, 0.15) is 5.38 Å². The summed E-state index contributed by atoms with van der Waals surface area (Å²) in [6.07, 6.45) is 0. The SMILES string of the molecule is CC(Cl)c1nc(C(C)(C)c2ccccc2)no1. The van der Waals surface area contributed by atoms with Crippen molar-refractivity contribution >= 4 is 11.6 Å². The molecule has 2 rings (SSSR count). The minimum Gasteiger partial charge on any atom is -0.338 e. The van der Waals surface area contributed by atoms with Crippen LogP contribution in [0.3, 0.4) is 0 Å². The van der Waals surface area contributed by atoms with E-state index in [-0.39, 0.29) is 10.8 Å². The maximum atomic E-state index is 5.92. The summed E-state index contributed by atoms with van der Waals surface area (Å²) in [6.45, 7) is 5.94. The summed E-state index contributed by atoms with van der Waals surface area (Å²) in [5.74, 6) is 1.12. The Kier molecular flexibility index (Phi) is 3.20. The molecular weight excluding hydrogens is 236 g/mol. The quantitative estimate of drug-likeness (QED) is 0.780. The first-order chi connectivity index (χ1) is 8.01. The number of alkyl halides is 1. The lowest BCUT2D eigenvalue weighted by Crippen LogP contribution is -2.20. The first-order valence-electron chi connectivity index (χ1n) is 5.55. The van der Waals surface area contributed by atoms with E-state index in [1.54, 1.807) is 0 Å². The molecule has 1 heterocycles. The Hall–Kier alpha value is -1.35. The summed E-state index contributed by atoms with van der Waals surface area (Å²) in [5.41, 5.74) is 0.865. The molecule has 1 unspecified atom stereocenters. The number of rotatable bonds is 3. The molecule has 0 aliphatic heterocycles. The van der Waals surface area contributed by atoms with Crippen LogP contribution in [0.4, 0.5) is 0 Å². The maximum Gasteiger partial charge on any atom is 0.244 e. The van der Waals surface area contributed by atoms with Crippen molar-refractivity contribution in [2.75, 3.05) is 0 Å². The fourth-order valence-electron chi connectivity index (χ4n) is 1.63. The molecule has 4 heteroatoms. The second-order valence-corrected chi connectivity index (χ2v) is 5.22. The van der Waals surface area contributed by atoms with E-state index in [1.165, 1.54) is 0 Å². The van der Waals surface area contributed by atoms with Gasteiger partial charge in [-0.25, -0.2) is 0 Å². The molecule has 17 heavy (non-hydrogen) atoms. The molecule has 1 atom stereocenters. The van der Waals surface area contributed by atoms with Gasteiger partial charge in [0.2, 0.25) is 5.89 Å². The van der Waals surface area contributed by atoms with Gasteiger partial charge in [-0.2, -0.15) is 4.98 Å². The summed E-state index contributed by atoms with van der Waals surface area (Å²) in [5, 5.41) is 3.75. The van der Waals surface area contributed by atoms with Crippen LogP contribution in [0.1, 0.15) is 43.4 Å². The predicted molar refractivity (Wildman–Crippen MR) is 67.1 cm³/mol. The van der Waals surface area contributed by atoms with E-state index in [9.17, 15) is 0 Å². The first-order valence-corrected chi connectivity index (χ1v) is 5.99. The van der Waals surface area contributed by atoms with Crippen LogP contribution < -0.4 is 0 Å². The standard InChI is InChI=1S/C13H15ClN2O/c1-9(14)11-15-12(16-17-11)13(2,3)10-7-5-4-6-8-10/h4-9H,1-3H3. The molecule has 0 radical (unpaired) electrons. The third kappa shape index (κ3) is 2.34. The van der Waals surface area contributed by atoms with Gasteiger partial charge >= 0.3 is 0 Å². The van der Waals surface area contributed by atoms with Crippen molar-refractivity contribution < 1.29 is 4.52 Å². The van der Waals surface area contributed by atoms with Crippen LogP contribution >= 0.6 is 11.6 Å². The zero-order valence-corrected chi connectivity index (χ0v) is 10.9. The Morgan fingerprint density at radius 3 is 2.41 bits per heavy atom. The van der Waals surface area contributed by atoms with Crippen LogP contribution in [0.25, 0.3) is 0 Å². The molecule has 0 N–H and O–H groups in total. The van der Waals surface area contributed by atoms with Gasteiger partial charge in [0.25, 0.3) is 0 Å². The van der Waals surface area contributed by atoms with Crippen molar-refractivity contribution in [3.8, 4) is 0 Å². The minimum absolute atomic E-state index is 0.261. The highest BCUT2D eigenvalue weighted by Crippen LogP contribution is 2.30. The Bertz CT molecular complexity index is 491. The molecule has 1 aromatic carbocycles. The number of nitrogens with zero attached hydrogens (tertiary/aromatic N) is 2. The van der Waals surface area contributed by atoms with Crippen LogP contribution in [-0.2, 0) is 5.41 Å². The third-order valence-electron chi connectivity index (χ3n) is 2.84. The van der Waals surface area contributed by atoms with E-state index in [1.807, 2.05) is 25.1 Å². The van der Waals surface area contributed by atoms with E-state index < -0.39 is 0 Å². The summed E-state index contributed by atoms with van der Waals surface area (Å²) < 4.78 is 5.14. The fourth-order valence-corrected chi connectivity index (χ4v) is 1.72. The van der Waals surface area contributed by atoms with Crippen LogP contribution in [0.15, 0.2) is 34.9 Å². The summed E-state index contributed by atoms with van der Waals surface area (Å²) in [7, 11) is 0. The minimum atomic E-state index is -0.283. The molecule has 90 valence electrons. The lowest BCUT2D eigenvalue weighted by molar-refractivity contribution is 0.366. The smallest absolute Gasteiger partial charge is 0.244 e. The number of halogens is 1. The topological polar surface area (TPSA) is 38.9 Å². The molecule has 0 aliphatic carbocycles. The predicted octanol–water partition coefficient (Wildman–Crippen LogP) is 3.70. The van der Waals surface area contributed by atoms with Crippen molar-refractivity contribution in [3.05, 3.63) is 47.6 Å². The lowest BCUT2D eigenvalue weighted by atomic mass is 9.84. The molecule has 0 saturated heterocycles. The summed E-state index contributed by atoms with van der Waals surface area (Å²) >= 11 is 5.92. The molecule has 0 aliphatic rings. The van der Waals surface area contributed by atoms with E-state index in [4.69, 9.17) is 16.1 Å². The highest BCUT2D eigenvalue weighted by Gasteiger charge is 2.29. The lowest BCUT2D eigenvalue weighted by Gasteiger charge is -2.20. The monoisotopic (exact) mass is 250 g/mol. The van der Waals surface area contributed by atoms with Crippen molar-refractivity contribution in [1.82, 2.24) is 10.1 Å². The number of hydrogen-bond acceptors (Lipinski definition) is 3. The Balaban J connectivity index is 2.37. The van der Waals surface area contributed by atoms with Gasteiger partial charge in [-0.05, 0) is 26.3 Å². The average molecular weight is 251 g/mol. The highest BCUT2D eigenvalue weighted by atomic mass is 35.5. The maximum absolute atomic E-state index is 5.92. The van der Waals surface area contributed by atoms with Crippen molar-refractivity contribution in [1.29, 1.82) is 0 Å². The number of aromatic nitrogens is 2. The highest BCUT2D eigenvalue weighted by molar-refractivity contribution is 6.20. The Morgan fingerprint density at radius 1 is 1.24 bits per heavy atom. The summed E-state index contributed by atoms with van der Waals surface area (Å²) in [4.78, 5) is 4.35. The van der Waals surface area contributed by atoms with Crippen LogP contribution in [0.5, 0.6) is 0 Å². The van der Waals surface area contributed by atoms with Crippen molar-refractivity contribution in [3.63, 3.8) is 0 Å². The van der Waals surface area contributed by atoms with Gasteiger partial charge in [0.15, 0.2) is 5.82 Å². The van der Waals surface area contributed by atoms with Gasteiger partial charge in [-0.3, -0.25) is 0 Å². The molecule has 0 spiro atoms. The van der Waals surface area contributed by atoms with E-state index in [2.05, 4.69) is 36.1 Å². The molecule has 0 saturated carbocycles. The molecule has 3 nitrogen and oxygen atoms in total. The van der Waals surface area contributed by atoms with Gasteiger partial charge < -0.3 is 4.52 Å². The van der Waals surface area contributed by atoms with Crippen molar-refractivity contribution in [2.24, 2.45) is 0 Å². The van der Waals surface area contributed by atoms with E-state index in [0.717, 1.165) is 5.56 Å². The second-order valence-electron chi connectivity index (χ2n) is 4.56. The zero-order chi connectivity index (χ0) is 12.5. The van der Waals surface area contributed by atoms with E-state index in [0.29, 0.717) is 11.7 Å². The third-order valence-corrected chi connectivity index (χ3v) is 3.02. The number of benzene rings is 1. The van der Waals surface area contributed by atoms with E-state index >= 15 is 0 Å². The molecule has 1 aromatic heterocycles. The summed E-state index contributed by atoms with van der Waals surface area (Å²) in [6, 6.07) is 10.1. The van der Waals surface area contributed by atoms with Gasteiger partial charge in [-0.15, -0.1) is 11.6 Å². The normalized spacial score (nSPS) is 13.6. The molecule has 0 bridgehead atoms. The van der Waals surface area contributed by atoms with Gasteiger partial charge in [0.05, 0.1) is 5.41 Å². The molecular formula is C13H15ClN2O. The van der Waals surface area contributed by atoms with Crippen LogP contribution in [0.2, 0.25) is 0 Å². The van der Waals surface area contributed by atoms with Gasteiger partial charge in [0, 0.05) is 0 Å². The fraction of sp³-hybridized carbons (Fsp3) is 0.385. The van der Waals surface area contributed by atoms with Crippen molar-refractivity contribution in [2.45, 2.75) is 31.6 Å². The average Bonchev–Trinajstić information content (AvgIpc) is 2.80. The Morgan fingerprint density at radius 2 is 1.88 bits per heavy atom. The van der Waals surface area contributed by atoms with Crippen LogP contribution in [0, 0.1) is 0 Å². The first kappa shape index (κ1) is 12.1. The van der Waals surface area contributed by atoms with Crippen LogP contribution in [-0.4, -0.2) is 10.1 Å². The Labute approximate surface area is 106 Å². The second kappa shape index (κ2) is 4.49. The molecule has 0 fully saturated rings.